The number of benzene rings is 3. The van der Waals surface area contributed by atoms with E-state index in [-0.39, 0.29) is 17.7 Å². The molecule has 2 nitrogen and oxygen atoms in total. The molecule has 0 N–H and O–H groups in total. The molecule has 0 saturated heterocycles. The van der Waals surface area contributed by atoms with Gasteiger partial charge in [0.1, 0.15) is 22.9 Å². The summed E-state index contributed by atoms with van der Waals surface area (Å²) in [5.74, 6) is -3.69. The summed E-state index contributed by atoms with van der Waals surface area (Å²) in [6.07, 6.45) is -0.336. The van der Waals surface area contributed by atoms with Crippen molar-refractivity contribution in [3.8, 4) is 17.6 Å². The Kier molecular flexibility index (Phi) is 8.86. The Bertz CT molecular complexity index is 1320. The van der Waals surface area contributed by atoms with Crippen molar-refractivity contribution in [2.24, 2.45) is 5.92 Å². The third kappa shape index (κ3) is 6.93. The first-order chi connectivity index (χ1) is 18.6. The lowest BCUT2D eigenvalue weighted by molar-refractivity contribution is -0.189. The first-order valence-corrected chi connectivity index (χ1v) is 12.5. The van der Waals surface area contributed by atoms with E-state index in [1.54, 1.807) is 12.1 Å². The second kappa shape index (κ2) is 12.1. The largest absolute Gasteiger partial charge is 0.432 e. The number of ether oxygens (including phenoxy) is 2. The fraction of sp³-hybridized carbons (Fsp3) is 0.333. The van der Waals surface area contributed by atoms with Gasteiger partial charge in [0, 0.05) is 36.5 Å². The van der Waals surface area contributed by atoms with Gasteiger partial charge in [-0.05, 0) is 74.3 Å². The summed E-state index contributed by atoms with van der Waals surface area (Å²) < 4.78 is 107. The number of rotatable bonds is 7. The molecule has 0 bridgehead atoms. The van der Waals surface area contributed by atoms with E-state index >= 15 is 0 Å². The molecule has 9 heteroatoms. The van der Waals surface area contributed by atoms with E-state index in [9.17, 15) is 30.7 Å². The van der Waals surface area contributed by atoms with Crippen LogP contribution in [0.15, 0.2) is 48.5 Å². The van der Waals surface area contributed by atoms with Crippen LogP contribution in [0.25, 0.3) is 0 Å². The van der Waals surface area contributed by atoms with Gasteiger partial charge in [0.15, 0.2) is 17.5 Å². The summed E-state index contributed by atoms with van der Waals surface area (Å²) in [5, 5.41) is 0. The maximum absolute atomic E-state index is 14.5. The van der Waals surface area contributed by atoms with Crippen LogP contribution in [0.2, 0.25) is 0 Å². The van der Waals surface area contributed by atoms with Crippen LogP contribution < -0.4 is 4.74 Å². The molecule has 1 aliphatic rings. The maximum Gasteiger partial charge on any atom is 0.432 e. The number of hydrogen-bond acceptors (Lipinski definition) is 2. The molecule has 1 saturated carbocycles. The van der Waals surface area contributed by atoms with Crippen LogP contribution >= 0.6 is 0 Å². The third-order valence-corrected chi connectivity index (χ3v) is 6.67. The summed E-state index contributed by atoms with van der Waals surface area (Å²) in [5.41, 5.74) is -0.235. The molecule has 1 fully saturated rings. The van der Waals surface area contributed by atoms with Crippen LogP contribution in [-0.4, -0.2) is 13.2 Å². The Balaban J connectivity index is 1.45. The fourth-order valence-electron chi connectivity index (χ4n) is 4.64. The molecule has 0 radical (unpaired) electrons. The summed E-state index contributed by atoms with van der Waals surface area (Å²) in [7, 11) is 0. The van der Waals surface area contributed by atoms with Gasteiger partial charge in [0.05, 0.1) is 0 Å². The minimum atomic E-state index is -4.66. The van der Waals surface area contributed by atoms with Gasteiger partial charge in [-0.1, -0.05) is 24.0 Å². The summed E-state index contributed by atoms with van der Waals surface area (Å²) >= 11 is 0. The van der Waals surface area contributed by atoms with Crippen molar-refractivity contribution in [2.45, 2.75) is 44.6 Å². The Labute approximate surface area is 221 Å². The second-order valence-corrected chi connectivity index (χ2v) is 9.38. The van der Waals surface area contributed by atoms with E-state index in [4.69, 9.17) is 4.74 Å². The van der Waals surface area contributed by atoms with Crippen molar-refractivity contribution >= 4 is 0 Å². The van der Waals surface area contributed by atoms with Crippen LogP contribution in [0.5, 0.6) is 5.75 Å². The average molecular weight is 551 g/mol. The molecule has 206 valence electrons. The molecule has 0 aromatic heterocycles. The van der Waals surface area contributed by atoms with Crippen molar-refractivity contribution in [1.29, 1.82) is 0 Å². The molecule has 0 amide bonds. The number of hydrogen-bond donors (Lipinski definition) is 0. The lowest BCUT2D eigenvalue weighted by Crippen LogP contribution is -2.25. The zero-order valence-corrected chi connectivity index (χ0v) is 21.0. The van der Waals surface area contributed by atoms with Crippen molar-refractivity contribution in [3.05, 3.63) is 99.9 Å². The predicted molar refractivity (Wildman–Crippen MR) is 131 cm³/mol. The molecule has 3 aromatic carbocycles. The van der Waals surface area contributed by atoms with E-state index in [1.807, 2.05) is 19.1 Å². The second-order valence-electron chi connectivity index (χ2n) is 9.38. The molecule has 4 rings (SSSR count). The average Bonchev–Trinajstić information content (AvgIpc) is 2.89. The van der Waals surface area contributed by atoms with E-state index in [2.05, 4.69) is 16.6 Å². The van der Waals surface area contributed by atoms with Gasteiger partial charge in [0.25, 0.3) is 0 Å². The fourth-order valence-corrected chi connectivity index (χ4v) is 4.64. The Morgan fingerprint density at radius 2 is 1.33 bits per heavy atom. The molecular weight excluding hydrogens is 525 g/mol. The zero-order chi connectivity index (χ0) is 28.2. The predicted octanol–water partition coefficient (Wildman–Crippen LogP) is 8.22. The van der Waals surface area contributed by atoms with Crippen LogP contribution in [0.3, 0.4) is 0 Å². The topological polar surface area (TPSA) is 18.5 Å². The highest BCUT2D eigenvalue weighted by atomic mass is 19.3. The monoisotopic (exact) mass is 550 g/mol. The minimum absolute atomic E-state index is 0.140. The van der Waals surface area contributed by atoms with Gasteiger partial charge < -0.3 is 9.47 Å². The number of alkyl halides is 2. The molecule has 0 unspecified atom stereocenters. The quantitative estimate of drug-likeness (QED) is 0.168. The first kappa shape index (κ1) is 28.5. The summed E-state index contributed by atoms with van der Waals surface area (Å²) in [6.45, 7) is 3.49. The van der Waals surface area contributed by atoms with Crippen molar-refractivity contribution in [1.82, 2.24) is 0 Å². The van der Waals surface area contributed by atoms with Crippen molar-refractivity contribution in [2.75, 3.05) is 13.2 Å². The van der Waals surface area contributed by atoms with Crippen LogP contribution in [0.4, 0.5) is 30.7 Å². The molecular formula is C30H25F7O2. The smallest absolute Gasteiger partial charge is 0.429 e. The highest BCUT2D eigenvalue weighted by molar-refractivity contribution is 5.45. The molecule has 0 atom stereocenters. The first-order valence-electron chi connectivity index (χ1n) is 12.5. The summed E-state index contributed by atoms with van der Waals surface area (Å²) in [6, 6.07) is 8.98. The molecule has 0 spiro atoms. The maximum atomic E-state index is 14.5. The SMILES string of the molecule is CCOCC1CCC(c2ccc(C#Cc3cc(F)c(C(F)(F)Oc4cc(F)c(F)c(F)c4)c(F)c3)cc2)CC1. The van der Waals surface area contributed by atoms with E-state index in [1.165, 1.54) is 5.56 Å². The minimum Gasteiger partial charge on any atom is -0.429 e. The molecule has 0 aliphatic heterocycles. The van der Waals surface area contributed by atoms with Gasteiger partial charge in [-0.3, -0.25) is 0 Å². The van der Waals surface area contributed by atoms with Gasteiger partial charge in [-0.25, -0.2) is 22.0 Å². The Morgan fingerprint density at radius 3 is 1.90 bits per heavy atom. The van der Waals surface area contributed by atoms with Crippen molar-refractivity contribution in [3.63, 3.8) is 0 Å². The normalized spacial score (nSPS) is 17.4. The molecule has 1 aliphatic carbocycles. The van der Waals surface area contributed by atoms with Gasteiger partial charge in [0.2, 0.25) is 0 Å². The molecule has 0 heterocycles. The van der Waals surface area contributed by atoms with Gasteiger partial charge in [-0.15, -0.1) is 0 Å². The van der Waals surface area contributed by atoms with Crippen LogP contribution in [0, 0.1) is 46.8 Å². The Hall–Kier alpha value is -3.51. The number of halogens is 7. The highest BCUT2D eigenvalue weighted by Gasteiger charge is 2.41. The molecule has 39 heavy (non-hydrogen) atoms. The van der Waals surface area contributed by atoms with Gasteiger partial charge >= 0.3 is 6.11 Å². The van der Waals surface area contributed by atoms with E-state index < -0.39 is 46.5 Å². The standard InChI is InChI=1S/C30H25F7O2/c1-2-38-17-19-7-11-22(12-8-19)21-9-5-18(6-10-21)3-4-20-13-24(31)28(25(32)14-20)30(36,37)39-23-15-26(33)29(35)27(34)16-23/h5-6,9-10,13-16,19,22H,2,7-8,11-12,17H2,1H3. The highest BCUT2D eigenvalue weighted by Crippen LogP contribution is 2.37. The Morgan fingerprint density at radius 1 is 0.769 bits per heavy atom. The van der Waals surface area contributed by atoms with Crippen LogP contribution in [-0.2, 0) is 10.8 Å². The lowest BCUT2D eigenvalue weighted by Gasteiger charge is -2.28. The van der Waals surface area contributed by atoms with Crippen LogP contribution in [0.1, 0.15) is 60.8 Å². The molecule has 3 aromatic rings. The zero-order valence-electron chi connectivity index (χ0n) is 21.0. The van der Waals surface area contributed by atoms with Crippen molar-refractivity contribution < 1.29 is 40.2 Å². The van der Waals surface area contributed by atoms with E-state index in [0.29, 0.717) is 29.5 Å². The summed E-state index contributed by atoms with van der Waals surface area (Å²) in [4.78, 5) is 0. The third-order valence-electron chi connectivity index (χ3n) is 6.67. The lowest BCUT2D eigenvalue weighted by atomic mass is 9.79. The van der Waals surface area contributed by atoms with E-state index in [0.717, 1.165) is 38.9 Å². The van der Waals surface area contributed by atoms with Gasteiger partial charge in [-0.2, -0.15) is 8.78 Å².